The Morgan fingerprint density at radius 2 is 2.10 bits per heavy atom. The number of ether oxygens (including phenoxy) is 2. The number of hydrogen-bond donors (Lipinski definition) is 0. The maximum absolute atomic E-state index is 12.1. The number of esters is 1. The Labute approximate surface area is 118 Å². The Morgan fingerprint density at radius 3 is 2.70 bits per heavy atom. The molecular formula is C16H19NO3. The molecule has 1 aliphatic heterocycles. The average molecular weight is 273 g/mol. The molecule has 106 valence electrons. The van der Waals surface area contributed by atoms with Gasteiger partial charge in [-0.25, -0.2) is 4.79 Å². The zero-order valence-electron chi connectivity index (χ0n) is 12.1. The maximum atomic E-state index is 12.1. The highest BCUT2D eigenvalue weighted by atomic mass is 16.5. The van der Waals surface area contributed by atoms with Crippen LogP contribution in [-0.2, 0) is 9.47 Å². The van der Waals surface area contributed by atoms with Crippen molar-refractivity contribution >= 4 is 16.9 Å². The first-order valence-corrected chi connectivity index (χ1v) is 6.90. The Morgan fingerprint density at radius 1 is 1.40 bits per heavy atom. The first-order valence-electron chi connectivity index (χ1n) is 6.90. The Kier molecular flexibility index (Phi) is 3.26. The van der Waals surface area contributed by atoms with Crippen molar-refractivity contribution < 1.29 is 14.3 Å². The van der Waals surface area contributed by atoms with Crippen LogP contribution in [0.1, 0.15) is 29.0 Å². The highest BCUT2D eigenvalue weighted by molar-refractivity contribution is 6.05. The van der Waals surface area contributed by atoms with Crippen molar-refractivity contribution in [3.63, 3.8) is 0 Å². The monoisotopic (exact) mass is 273 g/mol. The van der Waals surface area contributed by atoms with Gasteiger partial charge in [-0.05, 0) is 19.9 Å². The molecule has 1 atom stereocenters. The van der Waals surface area contributed by atoms with E-state index in [4.69, 9.17) is 9.47 Å². The summed E-state index contributed by atoms with van der Waals surface area (Å²) >= 11 is 0. The minimum atomic E-state index is -0.269. The van der Waals surface area contributed by atoms with Crippen LogP contribution in [0.15, 0.2) is 24.3 Å². The number of fused-ring (bicyclic) bond motifs is 1. The molecular weight excluding hydrogens is 254 g/mol. The fourth-order valence-electron chi connectivity index (χ4n) is 3.02. The highest BCUT2D eigenvalue weighted by Crippen LogP contribution is 2.34. The van der Waals surface area contributed by atoms with Gasteiger partial charge < -0.3 is 14.0 Å². The molecule has 0 saturated carbocycles. The van der Waals surface area contributed by atoms with E-state index in [1.165, 1.54) is 7.11 Å². The van der Waals surface area contributed by atoms with Gasteiger partial charge in [0.05, 0.1) is 25.9 Å². The van der Waals surface area contributed by atoms with Crippen molar-refractivity contribution in [2.45, 2.75) is 19.9 Å². The zero-order chi connectivity index (χ0) is 14.3. The van der Waals surface area contributed by atoms with Crippen LogP contribution < -0.4 is 0 Å². The van der Waals surface area contributed by atoms with E-state index in [1.807, 2.05) is 25.1 Å². The van der Waals surface area contributed by atoms with Crippen molar-refractivity contribution in [3.8, 4) is 0 Å². The van der Waals surface area contributed by atoms with E-state index in [0.717, 1.165) is 29.8 Å². The molecule has 2 heterocycles. The van der Waals surface area contributed by atoms with Gasteiger partial charge in [0, 0.05) is 28.6 Å². The van der Waals surface area contributed by atoms with Crippen LogP contribution in [0.3, 0.4) is 0 Å². The van der Waals surface area contributed by atoms with Gasteiger partial charge >= 0.3 is 5.97 Å². The van der Waals surface area contributed by atoms with E-state index in [-0.39, 0.29) is 5.97 Å². The van der Waals surface area contributed by atoms with Crippen LogP contribution in [0.25, 0.3) is 10.9 Å². The number of benzene rings is 1. The first kappa shape index (κ1) is 13.2. The summed E-state index contributed by atoms with van der Waals surface area (Å²) in [6.45, 7) is 5.76. The predicted molar refractivity (Wildman–Crippen MR) is 77.0 cm³/mol. The van der Waals surface area contributed by atoms with E-state index >= 15 is 0 Å². The summed E-state index contributed by atoms with van der Waals surface area (Å²) in [7, 11) is 1.43. The third-order valence-corrected chi connectivity index (χ3v) is 4.30. The topological polar surface area (TPSA) is 40.5 Å². The Hall–Kier alpha value is -1.81. The molecule has 2 aromatic rings. The standard InChI is InChI=1S/C16H19NO3/c1-10(12-8-20-9-12)17-11(2)15(16(18)19-3)13-6-4-5-7-14(13)17/h4-7,10,12H,8-9H2,1-3H3. The van der Waals surface area contributed by atoms with Crippen LogP contribution in [0, 0.1) is 12.8 Å². The third-order valence-electron chi connectivity index (χ3n) is 4.30. The minimum Gasteiger partial charge on any atom is -0.465 e. The lowest BCUT2D eigenvalue weighted by molar-refractivity contribution is -0.0531. The summed E-state index contributed by atoms with van der Waals surface area (Å²) in [5.74, 6) is 0.240. The van der Waals surface area contributed by atoms with Crippen molar-refractivity contribution in [2.24, 2.45) is 5.92 Å². The van der Waals surface area contributed by atoms with Gasteiger partial charge in [0.1, 0.15) is 0 Å². The van der Waals surface area contributed by atoms with Gasteiger partial charge in [-0.1, -0.05) is 18.2 Å². The van der Waals surface area contributed by atoms with E-state index < -0.39 is 0 Å². The summed E-state index contributed by atoms with van der Waals surface area (Å²) in [4.78, 5) is 12.1. The van der Waals surface area contributed by atoms with Gasteiger partial charge in [0.15, 0.2) is 0 Å². The number of rotatable bonds is 3. The van der Waals surface area contributed by atoms with Crippen molar-refractivity contribution in [3.05, 3.63) is 35.5 Å². The number of aromatic nitrogens is 1. The molecule has 0 spiro atoms. The smallest absolute Gasteiger partial charge is 0.340 e. The van der Waals surface area contributed by atoms with Crippen LogP contribution in [0.2, 0.25) is 0 Å². The predicted octanol–water partition coefficient (Wildman–Crippen LogP) is 2.94. The summed E-state index contributed by atoms with van der Waals surface area (Å²) in [5, 5.41) is 0.962. The normalized spacial score (nSPS) is 16.9. The first-order chi connectivity index (χ1) is 9.65. The average Bonchev–Trinajstić information content (AvgIpc) is 2.68. The number of nitrogens with zero attached hydrogens (tertiary/aromatic N) is 1. The van der Waals surface area contributed by atoms with Crippen LogP contribution in [0.5, 0.6) is 0 Å². The van der Waals surface area contributed by atoms with Gasteiger partial charge in [0.25, 0.3) is 0 Å². The molecule has 0 bridgehead atoms. The minimum absolute atomic E-state index is 0.269. The molecule has 1 unspecified atom stereocenters. The number of para-hydroxylation sites is 1. The zero-order valence-corrected chi connectivity index (χ0v) is 12.1. The summed E-state index contributed by atoms with van der Waals surface area (Å²) in [6.07, 6.45) is 0. The number of methoxy groups -OCH3 is 1. The molecule has 1 fully saturated rings. The van der Waals surface area contributed by atoms with Gasteiger partial charge in [-0.2, -0.15) is 0 Å². The quantitative estimate of drug-likeness (QED) is 0.807. The third kappa shape index (κ3) is 1.83. The fraction of sp³-hybridized carbons (Fsp3) is 0.438. The van der Waals surface area contributed by atoms with E-state index in [2.05, 4.69) is 17.6 Å². The second-order valence-electron chi connectivity index (χ2n) is 5.38. The lowest BCUT2D eigenvalue weighted by Crippen LogP contribution is -2.34. The number of carbonyl (C=O) groups is 1. The second-order valence-corrected chi connectivity index (χ2v) is 5.38. The Bertz CT molecular complexity index is 655. The molecule has 1 saturated heterocycles. The van der Waals surface area contributed by atoms with E-state index in [0.29, 0.717) is 17.5 Å². The fourth-order valence-corrected chi connectivity index (χ4v) is 3.02. The number of carbonyl (C=O) groups excluding carboxylic acids is 1. The molecule has 0 amide bonds. The van der Waals surface area contributed by atoms with Crippen LogP contribution >= 0.6 is 0 Å². The summed E-state index contributed by atoms with van der Waals surface area (Å²) < 4.78 is 12.5. The molecule has 1 aromatic heterocycles. The van der Waals surface area contributed by atoms with Crippen molar-refractivity contribution in [2.75, 3.05) is 20.3 Å². The molecule has 3 rings (SSSR count). The second kappa shape index (κ2) is 4.94. The molecule has 0 radical (unpaired) electrons. The van der Waals surface area contributed by atoms with Gasteiger partial charge in [0.2, 0.25) is 0 Å². The molecule has 1 aromatic carbocycles. The summed E-state index contributed by atoms with van der Waals surface area (Å²) in [5.41, 5.74) is 2.73. The van der Waals surface area contributed by atoms with Crippen LogP contribution in [0.4, 0.5) is 0 Å². The van der Waals surface area contributed by atoms with E-state index in [9.17, 15) is 4.79 Å². The van der Waals surface area contributed by atoms with E-state index in [1.54, 1.807) is 0 Å². The maximum Gasteiger partial charge on any atom is 0.340 e. The largest absolute Gasteiger partial charge is 0.465 e. The molecule has 0 N–H and O–H groups in total. The number of hydrogen-bond acceptors (Lipinski definition) is 3. The van der Waals surface area contributed by atoms with Gasteiger partial charge in [-0.3, -0.25) is 0 Å². The van der Waals surface area contributed by atoms with Crippen molar-refractivity contribution in [1.82, 2.24) is 4.57 Å². The molecule has 4 nitrogen and oxygen atoms in total. The SMILES string of the molecule is COC(=O)c1c(C)n(C(C)C2COC2)c2ccccc12. The summed E-state index contributed by atoms with van der Waals surface area (Å²) in [6, 6.07) is 8.31. The lowest BCUT2D eigenvalue weighted by atomic mass is 9.99. The molecule has 1 aliphatic rings. The molecule has 4 heteroatoms. The van der Waals surface area contributed by atoms with Crippen LogP contribution in [-0.4, -0.2) is 30.9 Å². The Balaban J connectivity index is 2.20. The molecule has 20 heavy (non-hydrogen) atoms. The highest BCUT2D eigenvalue weighted by Gasteiger charge is 2.30. The lowest BCUT2D eigenvalue weighted by Gasteiger charge is -2.33. The van der Waals surface area contributed by atoms with Gasteiger partial charge in [-0.15, -0.1) is 0 Å². The molecule has 0 aliphatic carbocycles. The van der Waals surface area contributed by atoms with Crippen molar-refractivity contribution in [1.29, 1.82) is 0 Å².